The second kappa shape index (κ2) is 9.20. The van der Waals surface area contributed by atoms with Crippen molar-refractivity contribution in [3.05, 3.63) is 112 Å². The first-order valence-corrected chi connectivity index (χ1v) is 12.1. The monoisotopic (exact) mass is 493 g/mol. The third-order valence-electron chi connectivity index (χ3n) is 5.84. The first-order chi connectivity index (χ1) is 17.6. The first-order valence-electron chi connectivity index (χ1n) is 11.2. The summed E-state index contributed by atoms with van der Waals surface area (Å²) in [6.07, 6.45) is 3.41. The van der Waals surface area contributed by atoms with E-state index in [2.05, 4.69) is 50.6 Å². The van der Waals surface area contributed by atoms with Crippen molar-refractivity contribution in [1.29, 1.82) is 0 Å². The Hall–Kier alpha value is -4.63. The van der Waals surface area contributed by atoms with Crippen molar-refractivity contribution in [2.75, 3.05) is 0 Å². The molecular weight excluding hydrogens is 474 g/mol. The predicted octanol–water partition coefficient (Wildman–Crippen LogP) is 5.01. The van der Waals surface area contributed by atoms with E-state index in [9.17, 15) is 9.59 Å². The molecule has 0 spiro atoms. The maximum atomic E-state index is 12.9. The Balaban J connectivity index is 1.09. The van der Waals surface area contributed by atoms with Crippen molar-refractivity contribution in [2.45, 2.75) is 13.2 Å². The molecule has 0 aliphatic heterocycles. The smallest absolute Gasteiger partial charge is 0.358 e. The molecule has 3 aromatic carbocycles. The van der Waals surface area contributed by atoms with Crippen molar-refractivity contribution >= 4 is 44.8 Å². The van der Waals surface area contributed by atoms with Gasteiger partial charge in [-0.15, -0.1) is 16.4 Å². The number of para-hydroxylation sites is 1. The van der Waals surface area contributed by atoms with Crippen LogP contribution < -0.4 is 0 Å². The highest BCUT2D eigenvalue weighted by atomic mass is 32.1. The minimum absolute atomic E-state index is 0.0419. The highest BCUT2D eigenvalue weighted by Gasteiger charge is 2.20. The average Bonchev–Trinajstić information content (AvgIpc) is 3.67. The summed E-state index contributed by atoms with van der Waals surface area (Å²) in [5, 5.41) is 13.1. The lowest BCUT2D eigenvalue weighted by atomic mass is 10.1. The van der Waals surface area contributed by atoms with Gasteiger partial charge in [0.2, 0.25) is 5.78 Å². The number of nitrogens with one attached hydrogen (secondary N) is 1. The summed E-state index contributed by atoms with van der Waals surface area (Å²) in [6.45, 7) is 0.511. The number of benzene rings is 3. The Morgan fingerprint density at radius 3 is 2.75 bits per heavy atom. The lowest BCUT2D eigenvalue weighted by Crippen LogP contribution is -2.07. The Morgan fingerprint density at radius 1 is 1.00 bits per heavy atom. The molecular formula is C27H19N5O3S. The Kier molecular flexibility index (Phi) is 5.59. The summed E-state index contributed by atoms with van der Waals surface area (Å²) in [5.74, 6) is -0.860. The molecule has 0 aliphatic carbocycles. The van der Waals surface area contributed by atoms with E-state index in [4.69, 9.17) is 4.74 Å². The van der Waals surface area contributed by atoms with Gasteiger partial charge >= 0.3 is 5.97 Å². The molecule has 9 heteroatoms. The second-order valence-electron chi connectivity index (χ2n) is 8.28. The molecule has 0 unspecified atom stereocenters. The van der Waals surface area contributed by atoms with Gasteiger partial charge < -0.3 is 9.72 Å². The van der Waals surface area contributed by atoms with Gasteiger partial charge in [0.25, 0.3) is 0 Å². The van der Waals surface area contributed by atoms with E-state index < -0.39 is 5.97 Å². The van der Waals surface area contributed by atoms with Gasteiger partial charge in [0, 0.05) is 22.5 Å². The molecule has 3 heterocycles. The minimum Gasteiger partial charge on any atom is -0.454 e. The summed E-state index contributed by atoms with van der Waals surface area (Å²) < 4.78 is 7.06. The molecule has 8 nitrogen and oxygen atoms in total. The predicted molar refractivity (Wildman–Crippen MR) is 136 cm³/mol. The summed E-state index contributed by atoms with van der Waals surface area (Å²) in [4.78, 5) is 32.7. The highest BCUT2D eigenvalue weighted by molar-refractivity contribution is 7.12. The van der Waals surface area contributed by atoms with E-state index >= 15 is 0 Å². The third-order valence-corrected chi connectivity index (χ3v) is 6.68. The van der Waals surface area contributed by atoms with Crippen LogP contribution in [0.3, 0.4) is 0 Å². The van der Waals surface area contributed by atoms with Crippen molar-refractivity contribution < 1.29 is 14.3 Å². The molecule has 0 radical (unpaired) electrons. The maximum Gasteiger partial charge on any atom is 0.358 e. The molecule has 176 valence electrons. The lowest BCUT2D eigenvalue weighted by Gasteiger charge is -2.03. The molecule has 0 saturated heterocycles. The number of fused-ring (bicyclic) bond motifs is 2. The normalized spacial score (nSPS) is 11.2. The second-order valence-corrected chi connectivity index (χ2v) is 9.14. The molecule has 0 fully saturated rings. The summed E-state index contributed by atoms with van der Waals surface area (Å²) >= 11 is 1.11. The molecule has 6 aromatic rings. The van der Waals surface area contributed by atoms with E-state index in [1.807, 2.05) is 36.4 Å². The number of nitrogens with zero attached hydrogens (tertiary/aromatic N) is 4. The van der Waals surface area contributed by atoms with Crippen LogP contribution in [0.2, 0.25) is 0 Å². The number of ether oxygens (including phenoxy) is 1. The zero-order valence-corrected chi connectivity index (χ0v) is 19.7. The zero-order valence-electron chi connectivity index (χ0n) is 18.9. The highest BCUT2D eigenvalue weighted by Crippen LogP contribution is 2.23. The van der Waals surface area contributed by atoms with E-state index in [-0.39, 0.29) is 23.1 Å². The molecule has 0 aliphatic rings. The van der Waals surface area contributed by atoms with Crippen LogP contribution in [0, 0.1) is 0 Å². The van der Waals surface area contributed by atoms with Crippen molar-refractivity contribution in [2.24, 2.45) is 0 Å². The van der Waals surface area contributed by atoms with Crippen LogP contribution in [-0.2, 0) is 17.9 Å². The number of thiazole rings is 1. The largest absolute Gasteiger partial charge is 0.454 e. The molecule has 0 amide bonds. The van der Waals surface area contributed by atoms with E-state index in [1.165, 1.54) is 10.8 Å². The first kappa shape index (κ1) is 21.9. The van der Waals surface area contributed by atoms with Crippen LogP contribution in [0.1, 0.15) is 37.1 Å². The molecule has 0 bridgehead atoms. The Morgan fingerprint density at radius 2 is 1.83 bits per heavy atom. The van der Waals surface area contributed by atoms with Gasteiger partial charge in [-0.3, -0.25) is 4.79 Å². The van der Waals surface area contributed by atoms with Crippen LogP contribution in [0.15, 0.2) is 84.5 Å². The fraction of sp³-hybridized carbons (Fsp3) is 0.0741. The van der Waals surface area contributed by atoms with Crippen molar-refractivity contribution in [3.8, 4) is 0 Å². The number of aromatic amines is 1. The van der Waals surface area contributed by atoms with Crippen LogP contribution >= 0.6 is 11.3 Å². The van der Waals surface area contributed by atoms with Gasteiger partial charge in [-0.2, -0.15) is 0 Å². The molecule has 0 atom stereocenters. The average molecular weight is 494 g/mol. The number of hydrogen-bond acceptors (Lipinski definition) is 7. The number of H-pyrrole nitrogens is 1. The number of esters is 1. The standard InChI is InChI=1S/C27H19N5O3S/c33-25(22-12-28-23-8-4-3-7-21(22)23)26-29-24(16-36-26)27(34)35-15-20-14-32(31-30-20)13-17-9-10-18-5-1-2-6-19(18)11-17/h1-12,14,16,28H,13,15H2. The van der Waals surface area contributed by atoms with Crippen LogP contribution in [-0.4, -0.2) is 36.7 Å². The van der Waals surface area contributed by atoms with E-state index in [0.29, 0.717) is 17.8 Å². The maximum absolute atomic E-state index is 12.9. The van der Waals surface area contributed by atoms with Crippen molar-refractivity contribution in [3.63, 3.8) is 0 Å². The zero-order chi connectivity index (χ0) is 24.5. The van der Waals surface area contributed by atoms with Gasteiger partial charge in [0.1, 0.15) is 12.3 Å². The number of ketones is 1. The lowest BCUT2D eigenvalue weighted by molar-refractivity contribution is 0.0461. The topological polar surface area (TPSA) is 103 Å². The van der Waals surface area contributed by atoms with Gasteiger partial charge in [-0.05, 0) is 28.5 Å². The molecule has 1 N–H and O–H groups in total. The van der Waals surface area contributed by atoms with Crippen LogP contribution in [0.25, 0.3) is 21.7 Å². The van der Waals surface area contributed by atoms with E-state index in [0.717, 1.165) is 33.2 Å². The summed E-state index contributed by atoms with van der Waals surface area (Å²) in [6, 6.07) is 22.0. The third kappa shape index (κ3) is 4.27. The molecule has 6 rings (SSSR count). The number of aromatic nitrogens is 5. The molecule has 3 aromatic heterocycles. The van der Waals surface area contributed by atoms with Crippen molar-refractivity contribution in [1.82, 2.24) is 25.0 Å². The van der Waals surface area contributed by atoms with E-state index in [1.54, 1.807) is 17.1 Å². The number of carbonyl (C=O) groups is 2. The number of hydrogen-bond donors (Lipinski definition) is 1. The molecule has 0 saturated carbocycles. The summed E-state index contributed by atoms with van der Waals surface area (Å²) in [5.41, 5.74) is 3.09. The van der Waals surface area contributed by atoms with Gasteiger partial charge in [0.05, 0.1) is 18.3 Å². The van der Waals surface area contributed by atoms with Crippen LogP contribution in [0.5, 0.6) is 0 Å². The van der Waals surface area contributed by atoms with Crippen LogP contribution in [0.4, 0.5) is 0 Å². The summed E-state index contributed by atoms with van der Waals surface area (Å²) in [7, 11) is 0. The Bertz CT molecular complexity index is 1730. The number of rotatable bonds is 7. The quantitative estimate of drug-likeness (QED) is 0.248. The fourth-order valence-corrected chi connectivity index (χ4v) is 4.81. The fourth-order valence-electron chi connectivity index (χ4n) is 4.07. The van der Waals surface area contributed by atoms with Gasteiger partial charge in [0.15, 0.2) is 10.7 Å². The van der Waals surface area contributed by atoms with Gasteiger partial charge in [-0.25, -0.2) is 14.5 Å². The number of carbonyl (C=O) groups excluding carboxylic acids is 2. The SMILES string of the molecule is O=C(OCc1cn(Cc2ccc3ccccc3c2)nn1)c1csc(C(=O)c2c[nH]c3ccccc23)n1. The minimum atomic E-state index is -0.617. The Labute approximate surface area is 209 Å². The van der Waals surface area contributed by atoms with Gasteiger partial charge in [-0.1, -0.05) is 59.8 Å². The molecule has 36 heavy (non-hydrogen) atoms.